The van der Waals surface area contributed by atoms with Crippen molar-refractivity contribution < 1.29 is 14.3 Å². The fourth-order valence-electron chi connectivity index (χ4n) is 2.07. The first kappa shape index (κ1) is 14.9. The molecule has 0 aromatic heterocycles. The maximum absolute atomic E-state index is 12.0. The first-order valence-electron chi connectivity index (χ1n) is 6.70. The molecule has 3 heteroatoms. The van der Waals surface area contributed by atoms with Crippen LogP contribution in [-0.2, 0) is 16.0 Å². The van der Waals surface area contributed by atoms with Crippen molar-refractivity contribution in [2.24, 2.45) is 0 Å². The van der Waals surface area contributed by atoms with Gasteiger partial charge < -0.3 is 9.47 Å². The standard InChI is InChI=1S/C18H18O3/c1-20-17-10-6-9-15(13-17)12-16(18(19)21-2)11-14-7-4-3-5-8-14/h3-11,13H,12H2,1-2H3/b16-11+. The number of hydrogen-bond acceptors (Lipinski definition) is 3. The third-order valence-corrected chi connectivity index (χ3v) is 3.12. The minimum atomic E-state index is -0.318. The van der Waals surface area contributed by atoms with E-state index in [0.29, 0.717) is 12.0 Å². The molecule has 0 N–H and O–H groups in total. The zero-order valence-corrected chi connectivity index (χ0v) is 12.2. The van der Waals surface area contributed by atoms with Gasteiger partial charge in [-0.1, -0.05) is 42.5 Å². The SMILES string of the molecule is COC(=O)/C(=C/c1ccccc1)Cc1cccc(OC)c1. The molecule has 0 radical (unpaired) electrons. The molecule has 0 unspecified atom stereocenters. The third kappa shape index (κ3) is 4.21. The quantitative estimate of drug-likeness (QED) is 0.622. The molecule has 2 aromatic rings. The minimum absolute atomic E-state index is 0.318. The summed E-state index contributed by atoms with van der Waals surface area (Å²) in [5.41, 5.74) is 2.58. The van der Waals surface area contributed by atoms with Gasteiger partial charge in [0.25, 0.3) is 0 Å². The van der Waals surface area contributed by atoms with Crippen LogP contribution in [0.25, 0.3) is 6.08 Å². The van der Waals surface area contributed by atoms with Crippen LogP contribution in [0, 0.1) is 0 Å². The highest BCUT2D eigenvalue weighted by atomic mass is 16.5. The lowest BCUT2D eigenvalue weighted by Gasteiger charge is -2.08. The molecule has 0 fully saturated rings. The summed E-state index contributed by atoms with van der Waals surface area (Å²) >= 11 is 0. The number of ether oxygens (including phenoxy) is 2. The van der Waals surface area contributed by atoms with Crippen LogP contribution in [0.2, 0.25) is 0 Å². The fourth-order valence-corrected chi connectivity index (χ4v) is 2.07. The van der Waals surface area contributed by atoms with Crippen molar-refractivity contribution in [3.63, 3.8) is 0 Å². The van der Waals surface area contributed by atoms with E-state index in [1.165, 1.54) is 7.11 Å². The monoisotopic (exact) mass is 282 g/mol. The predicted molar refractivity (Wildman–Crippen MR) is 83.1 cm³/mol. The summed E-state index contributed by atoms with van der Waals surface area (Å²) in [5.74, 6) is 0.457. The van der Waals surface area contributed by atoms with Gasteiger partial charge in [0.15, 0.2) is 0 Å². The van der Waals surface area contributed by atoms with E-state index >= 15 is 0 Å². The second-order valence-electron chi connectivity index (χ2n) is 4.60. The van der Waals surface area contributed by atoms with Crippen LogP contribution >= 0.6 is 0 Å². The van der Waals surface area contributed by atoms with Crippen molar-refractivity contribution in [1.29, 1.82) is 0 Å². The Hall–Kier alpha value is -2.55. The maximum Gasteiger partial charge on any atom is 0.334 e. The van der Waals surface area contributed by atoms with E-state index in [4.69, 9.17) is 9.47 Å². The van der Waals surface area contributed by atoms with Crippen molar-refractivity contribution in [2.45, 2.75) is 6.42 Å². The molecule has 0 saturated carbocycles. The Balaban J connectivity index is 2.28. The van der Waals surface area contributed by atoms with Gasteiger partial charge in [-0.15, -0.1) is 0 Å². The van der Waals surface area contributed by atoms with Gasteiger partial charge in [0.05, 0.1) is 14.2 Å². The van der Waals surface area contributed by atoms with Gasteiger partial charge in [-0.25, -0.2) is 4.79 Å². The smallest absolute Gasteiger partial charge is 0.334 e. The minimum Gasteiger partial charge on any atom is -0.497 e. The summed E-state index contributed by atoms with van der Waals surface area (Å²) in [6, 6.07) is 17.4. The van der Waals surface area contributed by atoms with Gasteiger partial charge >= 0.3 is 5.97 Å². The molecule has 0 saturated heterocycles. The molecule has 0 aliphatic carbocycles. The number of rotatable bonds is 5. The number of hydrogen-bond donors (Lipinski definition) is 0. The summed E-state index contributed by atoms with van der Waals surface area (Å²) in [6.07, 6.45) is 2.35. The number of carbonyl (C=O) groups excluding carboxylic acids is 1. The van der Waals surface area contributed by atoms with Crippen molar-refractivity contribution in [2.75, 3.05) is 14.2 Å². The zero-order chi connectivity index (χ0) is 15.1. The molecule has 3 nitrogen and oxygen atoms in total. The summed E-state index contributed by atoms with van der Waals surface area (Å²) in [5, 5.41) is 0. The molecule has 0 atom stereocenters. The van der Waals surface area contributed by atoms with Crippen LogP contribution < -0.4 is 4.74 Å². The van der Waals surface area contributed by atoms with E-state index in [9.17, 15) is 4.79 Å². The lowest BCUT2D eigenvalue weighted by atomic mass is 10.0. The van der Waals surface area contributed by atoms with Crippen LogP contribution in [-0.4, -0.2) is 20.2 Å². The maximum atomic E-state index is 12.0. The van der Waals surface area contributed by atoms with E-state index in [1.54, 1.807) is 7.11 Å². The van der Waals surface area contributed by atoms with Crippen LogP contribution in [0.15, 0.2) is 60.2 Å². The van der Waals surface area contributed by atoms with Crippen LogP contribution in [0.5, 0.6) is 5.75 Å². The van der Waals surface area contributed by atoms with Gasteiger partial charge in [0.2, 0.25) is 0 Å². The van der Waals surface area contributed by atoms with E-state index in [0.717, 1.165) is 16.9 Å². The van der Waals surface area contributed by atoms with Gasteiger partial charge in [-0.2, -0.15) is 0 Å². The van der Waals surface area contributed by atoms with Crippen LogP contribution in [0.1, 0.15) is 11.1 Å². The van der Waals surface area contributed by atoms with Crippen LogP contribution in [0.3, 0.4) is 0 Å². The van der Waals surface area contributed by atoms with Gasteiger partial charge in [0, 0.05) is 12.0 Å². The molecule has 2 aromatic carbocycles. The largest absolute Gasteiger partial charge is 0.497 e. The van der Waals surface area contributed by atoms with Gasteiger partial charge in [0.1, 0.15) is 5.75 Å². The molecule has 0 amide bonds. The van der Waals surface area contributed by atoms with E-state index in [-0.39, 0.29) is 5.97 Å². The number of benzene rings is 2. The fraction of sp³-hybridized carbons (Fsp3) is 0.167. The highest BCUT2D eigenvalue weighted by molar-refractivity contribution is 5.94. The first-order valence-corrected chi connectivity index (χ1v) is 6.70. The molecule has 0 aliphatic heterocycles. The lowest BCUT2D eigenvalue weighted by Crippen LogP contribution is -2.07. The Bertz CT molecular complexity index is 630. The summed E-state index contributed by atoms with van der Waals surface area (Å²) in [6.45, 7) is 0. The highest BCUT2D eigenvalue weighted by Crippen LogP contribution is 2.18. The summed E-state index contributed by atoms with van der Waals surface area (Å²) in [7, 11) is 3.02. The Kier molecular flexibility index (Phi) is 5.16. The molecule has 108 valence electrons. The average Bonchev–Trinajstić information content (AvgIpc) is 2.54. The molecule has 21 heavy (non-hydrogen) atoms. The van der Waals surface area contributed by atoms with Crippen molar-refractivity contribution in [3.05, 3.63) is 71.3 Å². The predicted octanol–water partition coefficient (Wildman–Crippen LogP) is 3.49. The topological polar surface area (TPSA) is 35.5 Å². The normalized spacial score (nSPS) is 11.0. The van der Waals surface area contributed by atoms with E-state index in [2.05, 4.69) is 0 Å². The zero-order valence-electron chi connectivity index (χ0n) is 12.2. The molecule has 2 rings (SSSR count). The molecule has 0 bridgehead atoms. The second kappa shape index (κ2) is 7.29. The highest BCUT2D eigenvalue weighted by Gasteiger charge is 2.11. The van der Waals surface area contributed by atoms with E-state index in [1.807, 2.05) is 60.7 Å². The lowest BCUT2D eigenvalue weighted by molar-refractivity contribution is -0.136. The summed E-state index contributed by atoms with van der Waals surface area (Å²) < 4.78 is 10.1. The molecule has 0 heterocycles. The molecular formula is C18H18O3. The van der Waals surface area contributed by atoms with Crippen molar-refractivity contribution in [3.8, 4) is 5.75 Å². The Morgan fingerprint density at radius 3 is 2.48 bits per heavy atom. The number of methoxy groups -OCH3 is 2. The Morgan fingerprint density at radius 2 is 1.81 bits per heavy atom. The van der Waals surface area contributed by atoms with Crippen molar-refractivity contribution >= 4 is 12.0 Å². The molecule has 0 spiro atoms. The second-order valence-corrected chi connectivity index (χ2v) is 4.60. The Labute approximate surface area is 124 Å². The van der Waals surface area contributed by atoms with Gasteiger partial charge in [-0.3, -0.25) is 0 Å². The number of esters is 1. The summed E-state index contributed by atoms with van der Waals surface area (Å²) in [4.78, 5) is 12.0. The molecule has 0 aliphatic rings. The van der Waals surface area contributed by atoms with Crippen LogP contribution in [0.4, 0.5) is 0 Å². The molecular weight excluding hydrogens is 264 g/mol. The Morgan fingerprint density at radius 1 is 1.05 bits per heavy atom. The third-order valence-electron chi connectivity index (χ3n) is 3.12. The van der Waals surface area contributed by atoms with Gasteiger partial charge in [-0.05, 0) is 29.3 Å². The van der Waals surface area contributed by atoms with E-state index < -0.39 is 0 Å². The first-order chi connectivity index (χ1) is 10.2. The number of carbonyl (C=O) groups is 1. The average molecular weight is 282 g/mol. The van der Waals surface area contributed by atoms with Crippen molar-refractivity contribution in [1.82, 2.24) is 0 Å².